The largest absolute Gasteiger partial charge is 0.444 e. The SMILES string of the molecule is C=CC1CC1(NC(=O)OC(C)(C)C)C(=O)NS(=O)(=O)C(C)C. The zero-order valence-electron chi connectivity index (χ0n) is 13.6. The Morgan fingerprint density at radius 3 is 2.27 bits per heavy atom. The van der Waals surface area contributed by atoms with Gasteiger partial charge in [0.15, 0.2) is 0 Å². The molecule has 2 atom stereocenters. The molecule has 0 aliphatic heterocycles. The quantitative estimate of drug-likeness (QED) is 0.739. The van der Waals surface area contributed by atoms with Gasteiger partial charge in [0.2, 0.25) is 10.0 Å². The van der Waals surface area contributed by atoms with Crippen molar-refractivity contribution in [2.75, 3.05) is 0 Å². The molecule has 0 heterocycles. The molecule has 22 heavy (non-hydrogen) atoms. The molecule has 1 saturated carbocycles. The minimum absolute atomic E-state index is 0.287. The first-order valence-electron chi connectivity index (χ1n) is 7.04. The third kappa shape index (κ3) is 4.22. The molecule has 7 nitrogen and oxygen atoms in total. The normalized spacial score (nSPS) is 24.5. The molecule has 0 aromatic heterocycles. The first-order valence-corrected chi connectivity index (χ1v) is 8.58. The Labute approximate surface area is 131 Å². The van der Waals surface area contributed by atoms with Crippen molar-refractivity contribution in [3.8, 4) is 0 Å². The van der Waals surface area contributed by atoms with E-state index in [1.54, 1.807) is 20.8 Å². The van der Waals surface area contributed by atoms with Gasteiger partial charge < -0.3 is 10.1 Å². The zero-order chi connectivity index (χ0) is 17.3. The van der Waals surface area contributed by atoms with Crippen molar-refractivity contribution >= 4 is 22.0 Å². The highest BCUT2D eigenvalue weighted by atomic mass is 32.2. The Balaban J connectivity index is 2.88. The van der Waals surface area contributed by atoms with E-state index in [-0.39, 0.29) is 12.3 Å². The average Bonchev–Trinajstić information content (AvgIpc) is 3.00. The molecule has 0 aromatic carbocycles. The smallest absolute Gasteiger partial charge is 0.408 e. The summed E-state index contributed by atoms with van der Waals surface area (Å²) in [5.74, 6) is -1.10. The van der Waals surface area contributed by atoms with Crippen LogP contribution in [0.25, 0.3) is 0 Å². The number of alkyl carbamates (subject to hydrolysis) is 1. The number of rotatable bonds is 5. The zero-order valence-corrected chi connectivity index (χ0v) is 14.4. The average molecular weight is 332 g/mol. The molecule has 0 saturated heterocycles. The first kappa shape index (κ1) is 18.5. The molecule has 0 aromatic rings. The second-order valence-electron chi connectivity index (χ2n) is 6.67. The Kier molecular flexibility index (Phi) is 4.96. The van der Waals surface area contributed by atoms with Gasteiger partial charge in [-0.15, -0.1) is 6.58 Å². The molecule has 1 rings (SSSR count). The highest BCUT2D eigenvalue weighted by Gasteiger charge is 2.61. The van der Waals surface area contributed by atoms with Gasteiger partial charge in [-0.2, -0.15) is 0 Å². The maximum absolute atomic E-state index is 12.3. The molecule has 0 radical (unpaired) electrons. The molecular weight excluding hydrogens is 308 g/mol. The van der Waals surface area contributed by atoms with Gasteiger partial charge >= 0.3 is 6.09 Å². The van der Waals surface area contributed by atoms with Crippen LogP contribution in [-0.4, -0.2) is 36.8 Å². The lowest BCUT2D eigenvalue weighted by Gasteiger charge is -2.24. The lowest BCUT2D eigenvalue weighted by atomic mass is 10.2. The fraction of sp³-hybridized carbons (Fsp3) is 0.714. The highest BCUT2D eigenvalue weighted by Crippen LogP contribution is 2.44. The molecule has 1 aliphatic rings. The van der Waals surface area contributed by atoms with Crippen molar-refractivity contribution in [3.05, 3.63) is 12.7 Å². The molecule has 2 amide bonds. The van der Waals surface area contributed by atoms with Gasteiger partial charge in [0.1, 0.15) is 11.1 Å². The Morgan fingerprint density at radius 2 is 1.91 bits per heavy atom. The van der Waals surface area contributed by atoms with Gasteiger partial charge in [0.05, 0.1) is 5.25 Å². The number of ether oxygens (including phenoxy) is 1. The van der Waals surface area contributed by atoms with E-state index in [4.69, 9.17) is 4.74 Å². The number of nitrogens with one attached hydrogen (secondary N) is 2. The summed E-state index contributed by atoms with van der Waals surface area (Å²) in [4.78, 5) is 24.2. The summed E-state index contributed by atoms with van der Waals surface area (Å²) in [5, 5.41) is 1.72. The van der Waals surface area contributed by atoms with Crippen molar-refractivity contribution in [2.45, 2.75) is 57.4 Å². The molecule has 1 aliphatic carbocycles. The van der Waals surface area contributed by atoms with Crippen LogP contribution in [0.1, 0.15) is 41.0 Å². The number of hydrogen-bond donors (Lipinski definition) is 2. The van der Waals surface area contributed by atoms with Crippen LogP contribution in [0.2, 0.25) is 0 Å². The third-order valence-corrected chi connectivity index (χ3v) is 5.00. The van der Waals surface area contributed by atoms with Gasteiger partial charge in [-0.05, 0) is 41.0 Å². The monoisotopic (exact) mass is 332 g/mol. The van der Waals surface area contributed by atoms with Crippen molar-refractivity contribution < 1.29 is 22.7 Å². The predicted molar refractivity (Wildman–Crippen MR) is 82.6 cm³/mol. The second kappa shape index (κ2) is 5.91. The minimum atomic E-state index is -3.77. The lowest BCUT2D eigenvalue weighted by Crippen LogP contribution is -2.53. The van der Waals surface area contributed by atoms with Crippen molar-refractivity contribution in [1.29, 1.82) is 0 Å². The van der Waals surface area contributed by atoms with E-state index >= 15 is 0 Å². The molecule has 8 heteroatoms. The van der Waals surface area contributed by atoms with Gasteiger partial charge in [0.25, 0.3) is 5.91 Å². The molecule has 2 N–H and O–H groups in total. The van der Waals surface area contributed by atoms with Crippen LogP contribution in [-0.2, 0) is 19.6 Å². The van der Waals surface area contributed by atoms with E-state index in [0.717, 1.165) is 0 Å². The van der Waals surface area contributed by atoms with E-state index in [0.29, 0.717) is 0 Å². The molecule has 2 unspecified atom stereocenters. The number of sulfonamides is 1. The summed E-state index contributed by atoms with van der Waals surface area (Å²) in [5.41, 5.74) is -2.03. The number of hydrogen-bond acceptors (Lipinski definition) is 5. The van der Waals surface area contributed by atoms with E-state index in [2.05, 4.69) is 11.9 Å². The van der Waals surface area contributed by atoms with Crippen LogP contribution in [0.5, 0.6) is 0 Å². The maximum atomic E-state index is 12.3. The van der Waals surface area contributed by atoms with E-state index in [9.17, 15) is 18.0 Å². The van der Waals surface area contributed by atoms with Gasteiger partial charge in [-0.3, -0.25) is 9.52 Å². The Morgan fingerprint density at radius 1 is 1.36 bits per heavy atom. The summed E-state index contributed by atoms with van der Waals surface area (Å²) in [6, 6.07) is 0. The van der Waals surface area contributed by atoms with Crippen LogP contribution >= 0.6 is 0 Å². The molecule has 0 spiro atoms. The van der Waals surface area contributed by atoms with Crippen molar-refractivity contribution in [3.63, 3.8) is 0 Å². The standard InChI is InChI=1S/C14H24N2O5S/c1-7-10-8-14(10,15-12(18)21-13(4,5)6)11(17)16-22(19,20)9(2)3/h7,9-10H,1,8H2,2-6H3,(H,15,18)(H,16,17). The van der Waals surface area contributed by atoms with E-state index < -0.39 is 38.4 Å². The second-order valence-corrected chi connectivity index (χ2v) is 8.91. The van der Waals surface area contributed by atoms with Gasteiger partial charge in [0, 0.05) is 5.92 Å². The van der Waals surface area contributed by atoms with Crippen molar-refractivity contribution in [1.82, 2.24) is 10.0 Å². The summed E-state index contributed by atoms with van der Waals surface area (Å²) in [6.07, 6.45) is 1.03. The van der Waals surface area contributed by atoms with E-state index in [1.165, 1.54) is 19.9 Å². The van der Waals surface area contributed by atoms with Crippen molar-refractivity contribution in [2.24, 2.45) is 5.92 Å². The van der Waals surface area contributed by atoms with Gasteiger partial charge in [-0.1, -0.05) is 6.08 Å². The minimum Gasteiger partial charge on any atom is -0.444 e. The first-order chi connectivity index (χ1) is 9.84. The van der Waals surface area contributed by atoms with Crippen LogP contribution in [0.15, 0.2) is 12.7 Å². The Bertz CT molecular complexity index is 577. The maximum Gasteiger partial charge on any atom is 0.408 e. The highest BCUT2D eigenvalue weighted by molar-refractivity contribution is 7.90. The fourth-order valence-corrected chi connectivity index (χ4v) is 2.53. The van der Waals surface area contributed by atoms with Gasteiger partial charge in [-0.25, -0.2) is 13.2 Å². The fourth-order valence-electron chi connectivity index (χ4n) is 1.86. The summed E-state index contributed by atoms with van der Waals surface area (Å²) >= 11 is 0. The van der Waals surface area contributed by atoms with E-state index in [1.807, 2.05) is 4.72 Å². The predicted octanol–water partition coefficient (Wildman–Crippen LogP) is 1.31. The summed E-state index contributed by atoms with van der Waals surface area (Å²) < 4.78 is 30.8. The van der Waals surface area contributed by atoms with Crippen LogP contribution in [0.3, 0.4) is 0 Å². The Hall–Kier alpha value is -1.57. The van der Waals surface area contributed by atoms with Crippen LogP contribution in [0, 0.1) is 5.92 Å². The topological polar surface area (TPSA) is 102 Å². The number of carbonyl (C=O) groups is 2. The summed E-state index contributed by atoms with van der Waals surface area (Å²) in [6.45, 7) is 11.6. The van der Waals surface area contributed by atoms with Crippen LogP contribution in [0.4, 0.5) is 4.79 Å². The number of amides is 2. The number of carbonyl (C=O) groups excluding carboxylic acids is 2. The molecule has 0 bridgehead atoms. The lowest BCUT2D eigenvalue weighted by molar-refractivity contribution is -0.122. The molecular formula is C14H24N2O5S. The van der Waals surface area contributed by atoms with Crippen LogP contribution < -0.4 is 10.0 Å². The molecule has 1 fully saturated rings. The molecule has 126 valence electrons. The third-order valence-electron chi connectivity index (χ3n) is 3.28. The summed E-state index contributed by atoms with van der Waals surface area (Å²) in [7, 11) is -3.77.